The van der Waals surface area contributed by atoms with E-state index in [1.807, 2.05) is 35.7 Å². The largest absolute Gasteiger partial charge is 0.300 e. The molecule has 1 unspecified atom stereocenters. The molecule has 0 radical (unpaired) electrons. The summed E-state index contributed by atoms with van der Waals surface area (Å²) in [4.78, 5) is 43.1. The Hall–Kier alpha value is -2.84. The van der Waals surface area contributed by atoms with Crippen LogP contribution < -0.4 is 10.2 Å². The fourth-order valence-corrected chi connectivity index (χ4v) is 4.10. The second kappa shape index (κ2) is 7.29. The standard InChI is InChI=1S/C20H14BrN3O3S/c1-11(24-16-8-7-13(21)9-14(16)17(25)19(24)27)18(26)23-20-22-15(10-28-20)12-5-3-2-4-6-12/h2-11H,1H3,(H,22,23,26). The Labute approximate surface area is 173 Å². The monoisotopic (exact) mass is 455 g/mol. The van der Waals surface area contributed by atoms with Crippen LogP contribution in [0.25, 0.3) is 11.3 Å². The van der Waals surface area contributed by atoms with Crippen LogP contribution in [0.3, 0.4) is 0 Å². The first kappa shape index (κ1) is 18.5. The third-order valence-electron chi connectivity index (χ3n) is 4.45. The van der Waals surface area contributed by atoms with Gasteiger partial charge in [-0.3, -0.25) is 19.3 Å². The van der Waals surface area contributed by atoms with E-state index in [1.165, 1.54) is 16.2 Å². The molecule has 28 heavy (non-hydrogen) atoms. The lowest BCUT2D eigenvalue weighted by Gasteiger charge is -2.23. The predicted molar refractivity (Wildman–Crippen MR) is 112 cm³/mol. The van der Waals surface area contributed by atoms with Gasteiger partial charge >= 0.3 is 0 Å². The predicted octanol–water partition coefficient (Wildman–Crippen LogP) is 4.13. The summed E-state index contributed by atoms with van der Waals surface area (Å²) in [6, 6.07) is 13.8. The van der Waals surface area contributed by atoms with E-state index in [-0.39, 0.29) is 0 Å². The Morgan fingerprint density at radius 3 is 2.68 bits per heavy atom. The highest BCUT2D eigenvalue weighted by Crippen LogP contribution is 2.33. The van der Waals surface area contributed by atoms with Gasteiger partial charge in [0, 0.05) is 15.4 Å². The molecule has 0 bridgehead atoms. The zero-order valence-corrected chi connectivity index (χ0v) is 17.1. The first-order valence-corrected chi connectivity index (χ1v) is 10.1. The lowest BCUT2D eigenvalue weighted by molar-refractivity contribution is -0.120. The summed E-state index contributed by atoms with van der Waals surface area (Å²) >= 11 is 4.60. The number of ketones is 1. The summed E-state index contributed by atoms with van der Waals surface area (Å²) in [5.74, 6) is -1.73. The molecule has 0 aliphatic carbocycles. The zero-order chi connectivity index (χ0) is 19.8. The lowest BCUT2D eigenvalue weighted by atomic mass is 10.1. The van der Waals surface area contributed by atoms with Gasteiger partial charge in [0.05, 0.1) is 16.9 Å². The molecule has 2 aromatic carbocycles. The summed E-state index contributed by atoms with van der Waals surface area (Å²) < 4.78 is 0.697. The van der Waals surface area contributed by atoms with Crippen LogP contribution in [0.15, 0.2) is 58.4 Å². The van der Waals surface area contributed by atoms with Crippen molar-refractivity contribution in [1.29, 1.82) is 0 Å². The first-order chi connectivity index (χ1) is 13.5. The van der Waals surface area contributed by atoms with Gasteiger partial charge < -0.3 is 5.32 Å². The number of fused-ring (bicyclic) bond motifs is 1. The third-order valence-corrected chi connectivity index (χ3v) is 5.70. The number of carbonyl (C=O) groups is 3. The Kier molecular flexibility index (Phi) is 4.82. The van der Waals surface area contributed by atoms with E-state index in [0.717, 1.165) is 11.3 Å². The minimum atomic E-state index is -0.858. The molecule has 0 saturated heterocycles. The van der Waals surface area contributed by atoms with E-state index in [0.29, 0.717) is 20.9 Å². The molecule has 0 saturated carbocycles. The second-order valence-electron chi connectivity index (χ2n) is 6.23. The maximum atomic E-state index is 12.7. The molecule has 1 N–H and O–H groups in total. The Morgan fingerprint density at radius 2 is 1.93 bits per heavy atom. The quantitative estimate of drug-likeness (QED) is 0.599. The first-order valence-electron chi connectivity index (χ1n) is 8.45. The van der Waals surface area contributed by atoms with Crippen LogP contribution >= 0.6 is 27.3 Å². The van der Waals surface area contributed by atoms with Gasteiger partial charge in [0.2, 0.25) is 5.91 Å². The minimum Gasteiger partial charge on any atom is -0.300 e. The van der Waals surface area contributed by atoms with Crippen LogP contribution in [0.4, 0.5) is 10.8 Å². The average molecular weight is 456 g/mol. The van der Waals surface area contributed by atoms with Crippen molar-refractivity contribution in [1.82, 2.24) is 4.98 Å². The SMILES string of the molecule is CC(C(=O)Nc1nc(-c2ccccc2)cs1)N1C(=O)C(=O)c2cc(Br)ccc21. The Bertz CT molecular complexity index is 1100. The van der Waals surface area contributed by atoms with Crippen molar-refractivity contribution >= 4 is 55.7 Å². The zero-order valence-electron chi connectivity index (χ0n) is 14.7. The molecule has 0 spiro atoms. The van der Waals surface area contributed by atoms with E-state index >= 15 is 0 Å². The minimum absolute atomic E-state index is 0.291. The topological polar surface area (TPSA) is 79.4 Å². The molecule has 140 valence electrons. The fraction of sp³-hybridized carbons (Fsp3) is 0.100. The molecular weight excluding hydrogens is 442 g/mol. The summed E-state index contributed by atoms with van der Waals surface area (Å²) in [5, 5.41) is 5.03. The number of anilines is 2. The number of rotatable bonds is 4. The summed E-state index contributed by atoms with van der Waals surface area (Å²) in [6.45, 7) is 1.59. The van der Waals surface area contributed by atoms with E-state index in [1.54, 1.807) is 25.1 Å². The number of aromatic nitrogens is 1. The number of nitrogens with one attached hydrogen (secondary N) is 1. The van der Waals surface area contributed by atoms with Gasteiger partial charge in [0.1, 0.15) is 6.04 Å². The summed E-state index contributed by atoms with van der Waals surface area (Å²) in [5.41, 5.74) is 2.44. The van der Waals surface area contributed by atoms with Crippen LogP contribution in [0.1, 0.15) is 17.3 Å². The number of carbonyl (C=O) groups excluding carboxylic acids is 3. The van der Waals surface area contributed by atoms with Crippen molar-refractivity contribution < 1.29 is 14.4 Å². The highest BCUT2D eigenvalue weighted by atomic mass is 79.9. The van der Waals surface area contributed by atoms with E-state index in [2.05, 4.69) is 26.2 Å². The van der Waals surface area contributed by atoms with Gasteiger partial charge in [-0.25, -0.2) is 4.98 Å². The lowest BCUT2D eigenvalue weighted by Crippen LogP contribution is -2.45. The molecule has 2 heterocycles. The van der Waals surface area contributed by atoms with Crippen molar-refractivity contribution in [2.75, 3.05) is 10.2 Å². The number of hydrogen-bond acceptors (Lipinski definition) is 5. The number of thiazole rings is 1. The number of halogens is 1. The van der Waals surface area contributed by atoms with Crippen molar-refractivity contribution in [3.8, 4) is 11.3 Å². The fourth-order valence-electron chi connectivity index (χ4n) is 3.02. The Morgan fingerprint density at radius 1 is 1.18 bits per heavy atom. The maximum Gasteiger partial charge on any atom is 0.300 e. The average Bonchev–Trinajstić information content (AvgIpc) is 3.26. The highest BCUT2D eigenvalue weighted by Gasteiger charge is 2.40. The van der Waals surface area contributed by atoms with Crippen LogP contribution in [-0.2, 0) is 9.59 Å². The summed E-state index contributed by atoms with van der Waals surface area (Å²) in [7, 11) is 0. The molecule has 2 amide bonds. The smallest absolute Gasteiger partial charge is 0.300 e. The van der Waals surface area contributed by atoms with Gasteiger partial charge in [-0.1, -0.05) is 46.3 Å². The molecule has 3 aromatic rings. The van der Waals surface area contributed by atoms with Gasteiger partial charge in [-0.05, 0) is 25.1 Å². The van der Waals surface area contributed by atoms with Gasteiger partial charge in [0.15, 0.2) is 5.13 Å². The summed E-state index contributed by atoms with van der Waals surface area (Å²) in [6.07, 6.45) is 0. The number of amides is 2. The second-order valence-corrected chi connectivity index (χ2v) is 8.01. The number of Topliss-reactive ketones (excluding diaryl/α,β-unsaturated/α-hetero) is 1. The van der Waals surface area contributed by atoms with Gasteiger partial charge in [-0.15, -0.1) is 11.3 Å². The van der Waals surface area contributed by atoms with Crippen molar-refractivity contribution in [3.63, 3.8) is 0 Å². The van der Waals surface area contributed by atoms with Crippen LogP contribution in [0.2, 0.25) is 0 Å². The maximum absolute atomic E-state index is 12.7. The molecule has 0 fully saturated rings. The Balaban J connectivity index is 1.54. The number of nitrogens with zero attached hydrogens (tertiary/aromatic N) is 2. The molecule has 6 nitrogen and oxygen atoms in total. The van der Waals surface area contributed by atoms with Crippen molar-refractivity contribution in [2.24, 2.45) is 0 Å². The number of benzene rings is 2. The van der Waals surface area contributed by atoms with Gasteiger partial charge in [-0.2, -0.15) is 0 Å². The van der Waals surface area contributed by atoms with E-state index < -0.39 is 23.6 Å². The third kappa shape index (κ3) is 3.25. The highest BCUT2D eigenvalue weighted by molar-refractivity contribution is 9.10. The van der Waals surface area contributed by atoms with E-state index in [9.17, 15) is 14.4 Å². The molecule has 1 atom stereocenters. The van der Waals surface area contributed by atoms with Crippen LogP contribution in [0.5, 0.6) is 0 Å². The molecule has 4 rings (SSSR count). The molecular formula is C20H14BrN3O3S. The van der Waals surface area contributed by atoms with Crippen molar-refractivity contribution in [2.45, 2.75) is 13.0 Å². The van der Waals surface area contributed by atoms with E-state index in [4.69, 9.17) is 0 Å². The molecule has 1 aliphatic heterocycles. The molecule has 1 aliphatic rings. The van der Waals surface area contributed by atoms with Crippen molar-refractivity contribution in [3.05, 3.63) is 63.9 Å². The molecule has 8 heteroatoms. The van der Waals surface area contributed by atoms with Crippen LogP contribution in [0, 0.1) is 0 Å². The number of hydrogen-bond donors (Lipinski definition) is 1. The van der Waals surface area contributed by atoms with Gasteiger partial charge in [0.25, 0.3) is 11.7 Å². The van der Waals surface area contributed by atoms with Crippen LogP contribution in [-0.4, -0.2) is 28.6 Å². The molecule has 1 aromatic heterocycles. The normalized spacial score (nSPS) is 14.1.